The molecule has 1 fully saturated rings. The third-order valence-electron chi connectivity index (χ3n) is 5.45. The van der Waals surface area contributed by atoms with Crippen molar-refractivity contribution in [3.63, 3.8) is 0 Å². The second-order valence-electron chi connectivity index (χ2n) is 9.04. The Morgan fingerprint density at radius 3 is 2.00 bits per heavy atom. The average Bonchev–Trinajstić information content (AvgIpc) is 3.30. The van der Waals surface area contributed by atoms with Gasteiger partial charge in [0.2, 0.25) is 0 Å². The maximum absolute atomic E-state index is 13.5. The van der Waals surface area contributed by atoms with Gasteiger partial charge in [0, 0.05) is 12.5 Å². The maximum atomic E-state index is 13.5. The molecule has 0 aromatic heterocycles. The fraction of sp³-hybridized carbons (Fsp3) is 0.435. The second kappa shape index (κ2) is 7.71. The van der Waals surface area contributed by atoms with Crippen molar-refractivity contribution in [2.24, 2.45) is 5.73 Å². The van der Waals surface area contributed by atoms with E-state index in [4.69, 9.17) is 10.5 Å². The molecule has 3 rings (SSSR count). The highest BCUT2D eigenvalue weighted by Gasteiger charge is 2.71. The summed E-state index contributed by atoms with van der Waals surface area (Å²) in [5.74, 6) is -0.470. The maximum Gasteiger partial charge on any atom is 0.408 e. The molecular weight excluding hydrogens is 400 g/mol. The number of rotatable bonds is 5. The molecule has 162 valence electrons. The van der Waals surface area contributed by atoms with Crippen molar-refractivity contribution in [3.8, 4) is 0 Å². The smallest absolute Gasteiger partial charge is 0.408 e. The molecule has 30 heavy (non-hydrogen) atoms. The van der Waals surface area contributed by atoms with Crippen LogP contribution in [0.1, 0.15) is 43.4 Å². The first kappa shape index (κ1) is 22.3. The average molecular weight is 431 g/mol. The molecule has 0 radical (unpaired) electrons. The third-order valence-corrected chi connectivity index (χ3v) is 7.74. The summed E-state index contributed by atoms with van der Waals surface area (Å²) in [6.07, 6.45) is -0.674. The van der Waals surface area contributed by atoms with E-state index >= 15 is 0 Å². The van der Waals surface area contributed by atoms with Gasteiger partial charge in [-0.15, -0.1) is 0 Å². The van der Waals surface area contributed by atoms with Crippen molar-refractivity contribution in [1.82, 2.24) is 5.32 Å². The number of hydrogen-bond acceptors (Lipinski definition) is 5. The number of benzene rings is 2. The minimum absolute atomic E-state index is 0.0272. The lowest BCUT2D eigenvalue weighted by Gasteiger charge is -2.24. The summed E-state index contributed by atoms with van der Waals surface area (Å²) in [6.45, 7) is 9.11. The van der Waals surface area contributed by atoms with Crippen LogP contribution in [0.15, 0.2) is 53.4 Å². The summed E-state index contributed by atoms with van der Waals surface area (Å²) < 4.78 is 32.5. The van der Waals surface area contributed by atoms with Gasteiger partial charge in [-0.25, -0.2) is 13.2 Å². The van der Waals surface area contributed by atoms with E-state index in [9.17, 15) is 13.2 Å². The van der Waals surface area contributed by atoms with Gasteiger partial charge in [-0.2, -0.15) is 0 Å². The first-order valence-electron chi connectivity index (χ1n) is 9.99. The highest BCUT2D eigenvalue weighted by Crippen LogP contribution is 2.57. The number of carbonyl (C=O) groups excluding carboxylic acids is 1. The Balaban J connectivity index is 2.03. The molecule has 3 N–H and O–H groups in total. The lowest BCUT2D eigenvalue weighted by atomic mass is 10.0. The number of amides is 1. The molecule has 2 aromatic rings. The molecule has 6 nitrogen and oxygen atoms in total. The zero-order valence-corrected chi connectivity index (χ0v) is 18.9. The van der Waals surface area contributed by atoms with Gasteiger partial charge in [-0.3, -0.25) is 0 Å². The van der Waals surface area contributed by atoms with E-state index in [1.54, 1.807) is 45.0 Å². The van der Waals surface area contributed by atoms with E-state index in [2.05, 4.69) is 5.32 Å². The third kappa shape index (κ3) is 4.23. The first-order valence-corrected chi connectivity index (χ1v) is 11.5. The summed E-state index contributed by atoms with van der Waals surface area (Å²) in [5.41, 5.74) is 7.10. The van der Waals surface area contributed by atoms with Crippen molar-refractivity contribution in [2.75, 3.05) is 6.54 Å². The van der Waals surface area contributed by atoms with Gasteiger partial charge in [0.1, 0.15) is 10.9 Å². The molecule has 2 aromatic carbocycles. The molecular formula is C23H30N2O4S. The van der Waals surface area contributed by atoms with Crippen molar-refractivity contribution in [2.45, 2.75) is 61.8 Å². The fourth-order valence-corrected chi connectivity index (χ4v) is 6.26. The standard InChI is InChI=1S/C23H30N2O4S/c1-15-6-10-17(11-7-15)19-20(30(27,28)18-12-8-16(2)9-13-18)23(19,14-24)25-21(26)29-22(3,4)5/h6-13,19-20H,14,24H2,1-5H3,(H,25,26)/t19-,20-,23-/m0/s1. The van der Waals surface area contributed by atoms with Crippen LogP contribution in [0.3, 0.4) is 0 Å². The number of carbonyl (C=O) groups is 1. The van der Waals surface area contributed by atoms with Crippen molar-refractivity contribution < 1.29 is 17.9 Å². The van der Waals surface area contributed by atoms with E-state index in [0.717, 1.165) is 16.7 Å². The van der Waals surface area contributed by atoms with Crippen LogP contribution in [-0.4, -0.2) is 37.4 Å². The Kier molecular flexibility index (Phi) is 5.73. The zero-order valence-electron chi connectivity index (χ0n) is 18.1. The Morgan fingerprint density at radius 1 is 1.03 bits per heavy atom. The Hall–Kier alpha value is -2.38. The number of aryl methyl sites for hydroxylation is 2. The predicted molar refractivity (Wildman–Crippen MR) is 117 cm³/mol. The minimum atomic E-state index is -3.75. The number of sulfone groups is 1. The predicted octanol–water partition coefficient (Wildman–Crippen LogP) is 3.47. The van der Waals surface area contributed by atoms with Crippen molar-refractivity contribution >= 4 is 15.9 Å². The molecule has 0 saturated heterocycles. The molecule has 1 aliphatic rings. The van der Waals surface area contributed by atoms with E-state index in [0.29, 0.717) is 0 Å². The van der Waals surface area contributed by atoms with E-state index in [-0.39, 0.29) is 11.4 Å². The quantitative estimate of drug-likeness (QED) is 0.757. The zero-order chi connectivity index (χ0) is 22.3. The lowest BCUT2D eigenvalue weighted by Crippen LogP contribution is -2.49. The highest BCUT2D eigenvalue weighted by molar-refractivity contribution is 7.92. The van der Waals surface area contributed by atoms with Gasteiger partial charge >= 0.3 is 6.09 Å². The van der Waals surface area contributed by atoms with Crippen LogP contribution < -0.4 is 11.1 Å². The molecule has 1 aliphatic carbocycles. The van der Waals surface area contributed by atoms with Crippen LogP contribution in [0.25, 0.3) is 0 Å². The topological polar surface area (TPSA) is 98.5 Å². The largest absolute Gasteiger partial charge is 0.444 e. The normalized spacial score (nSPS) is 23.7. The van der Waals surface area contributed by atoms with E-state index in [1.165, 1.54) is 0 Å². The van der Waals surface area contributed by atoms with Crippen LogP contribution in [0.4, 0.5) is 4.79 Å². The van der Waals surface area contributed by atoms with Crippen molar-refractivity contribution in [1.29, 1.82) is 0 Å². The van der Waals surface area contributed by atoms with Crippen LogP contribution in [0.5, 0.6) is 0 Å². The van der Waals surface area contributed by atoms with Crippen LogP contribution in [-0.2, 0) is 14.6 Å². The summed E-state index contributed by atoms with van der Waals surface area (Å²) in [7, 11) is -3.75. The van der Waals surface area contributed by atoms with Crippen LogP contribution in [0, 0.1) is 13.8 Å². The molecule has 1 amide bonds. The highest BCUT2D eigenvalue weighted by atomic mass is 32.2. The van der Waals surface area contributed by atoms with Gasteiger partial charge in [0.15, 0.2) is 9.84 Å². The fourth-order valence-electron chi connectivity index (χ4n) is 3.92. The molecule has 0 bridgehead atoms. The molecule has 0 spiro atoms. The second-order valence-corrected chi connectivity index (χ2v) is 11.1. The molecule has 0 unspecified atom stereocenters. The van der Waals surface area contributed by atoms with Gasteiger partial charge in [-0.05, 0) is 52.3 Å². The van der Waals surface area contributed by atoms with Crippen LogP contribution in [0.2, 0.25) is 0 Å². The summed E-state index contributed by atoms with van der Waals surface area (Å²) in [5, 5.41) is 1.93. The summed E-state index contributed by atoms with van der Waals surface area (Å²) in [4.78, 5) is 12.8. The summed E-state index contributed by atoms with van der Waals surface area (Å²) >= 11 is 0. The Bertz CT molecular complexity index is 1020. The number of hydrogen-bond donors (Lipinski definition) is 2. The lowest BCUT2D eigenvalue weighted by molar-refractivity contribution is 0.0497. The van der Waals surface area contributed by atoms with Gasteiger partial charge in [0.05, 0.1) is 10.4 Å². The van der Waals surface area contributed by atoms with Gasteiger partial charge < -0.3 is 15.8 Å². The van der Waals surface area contributed by atoms with Crippen molar-refractivity contribution in [3.05, 3.63) is 65.2 Å². The molecule has 0 heterocycles. The SMILES string of the molecule is Cc1ccc([C@H]2[C@H](S(=O)(=O)c3ccc(C)cc3)[C@@]2(CN)NC(=O)OC(C)(C)C)cc1. The summed E-state index contributed by atoms with van der Waals surface area (Å²) in [6, 6.07) is 14.4. The Labute approximate surface area is 178 Å². The molecule has 1 saturated carbocycles. The van der Waals surface area contributed by atoms with E-state index < -0.39 is 38.2 Å². The molecule has 7 heteroatoms. The number of alkyl carbamates (subject to hydrolysis) is 1. The van der Waals surface area contributed by atoms with Crippen LogP contribution >= 0.6 is 0 Å². The van der Waals surface area contributed by atoms with Gasteiger partial charge in [0.25, 0.3) is 0 Å². The van der Waals surface area contributed by atoms with E-state index in [1.807, 2.05) is 38.1 Å². The molecule has 3 atom stereocenters. The first-order chi connectivity index (χ1) is 13.9. The Morgan fingerprint density at radius 2 is 1.53 bits per heavy atom. The monoisotopic (exact) mass is 430 g/mol. The van der Waals surface area contributed by atoms with Gasteiger partial charge in [-0.1, -0.05) is 47.5 Å². The number of nitrogens with two attached hydrogens (primary N) is 1. The minimum Gasteiger partial charge on any atom is -0.444 e. The number of nitrogens with one attached hydrogen (secondary N) is 1. The molecule has 0 aliphatic heterocycles. The number of ether oxygens (including phenoxy) is 1.